The van der Waals surface area contributed by atoms with Crippen LogP contribution < -0.4 is 26.4 Å². The van der Waals surface area contributed by atoms with E-state index in [0.717, 1.165) is 0 Å². The highest BCUT2D eigenvalue weighted by Crippen LogP contribution is 2.38. The van der Waals surface area contributed by atoms with Crippen molar-refractivity contribution in [2.75, 3.05) is 11.9 Å². The van der Waals surface area contributed by atoms with Gasteiger partial charge in [-0.15, -0.1) is 0 Å². The first-order valence-electron chi connectivity index (χ1n) is 14.4. The minimum Gasteiger partial charge on any atom is -0.471 e. The molecule has 0 spiro atoms. The predicted octanol–water partition coefficient (Wildman–Crippen LogP) is 5.76. The van der Waals surface area contributed by atoms with Gasteiger partial charge in [0, 0.05) is 12.6 Å². The van der Waals surface area contributed by atoms with E-state index in [1.165, 1.54) is 18.2 Å². The van der Waals surface area contributed by atoms with Crippen molar-refractivity contribution < 1.29 is 54.6 Å². The molecule has 2 aromatic heterocycles. The number of nitrogens with one attached hydrogen (secondary N) is 4. The molecule has 1 aliphatic carbocycles. The van der Waals surface area contributed by atoms with Crippen LogP contribution in [0.25, 0.3) is 11.2 Å². The first-order chi connectivity index (χ1) is 22.7. The first kappa shape index (κ1) is 38.1. The Morgan fingerprint density at radius 2 is 1.76 bits per heavy atom. The summed E-state index contributed by atoms with van der Waals surface area (Å²) in [5.41, 5.74) is 1.66. The molecule has 1 aromatic carbocycles. The van der Waals surface area contributed by atoms with E-state index in [-0.39, 0.29) is 69.7 Å². The van der Waals surface area contributed by atoms with Gasteiger partial charge in [0.25, 0.3) is 12.3 Å². The number of pyridine rings is 1. The zero-order valence-electron chi connectivity index (χ0n) is 25.2. The van der Waals surface area contributed by atoms with E-state index in [9.17, 15) is 49.8 Å². The molecule has 11 nitrogen and oxygen atoms in total. The maximum atomic E-state index is 13.1. The Bertz CT molecular complexity index is 1680. The molecule has 2 amide bonds. The average molecular weight is 750 g/mol. The quantitative estimate of drug-likeness (QED) is 0.135. The van der Waals surface area contributed by atoms with Crippen molar-refractivity contribution in [1.82, 2.24) is 25.6 Å². The highest BCUT2D eigenvalue weighted by Gasteiger charge is 2.56. The number of alkyl halides is 8. The number of nitrogens with zero attached hydrogens (tertiary/aromatic N) is 2. The number of aromatic amines is 1. The van der Waals surface area contributed by atoms with Crippen molar-refractivity contribution in [1.29, 1.82) is 0 Å². The molecular weight excluding hydrogens is 721 g/mol. The molecule has 1 saturated carbocycles. The summed E-state index contributed by atoms with van der Waals surface area (Å²) in [7, 11) is 0. The number of aliphatic hydroxyl groups is 1. The fourth-order valence-electron chi connectivity index (χ4n) is 4.92. The fourth-order valence-corrected chi connectivity index (χ4v) is 5.45. The fraction of sp³-hybridized carbons (Fsp3) is 0.500. The largest absolute Gasteiger partial charge is 0.471 e. The molecule has 7 N–H and O–H groups in total. The van der Waals surface area contributed by atoms with Gasteiger partial charge in [0.1, 0.15) is 11.6 Å². The molecule has 0 saturated heterocycles. The summed E-state index contributed by atoms with van der Waals surface area (Å²) in [5.74, 6) is -4.23. The molecule has 49 heavy (non-hydrogen) atoms. The summed E-state index contributed by atoms with van der Waals surface area (Å²) in [5, 5.41) is 17.1. The van der Waals surface area contributed by atoms with E-state index >= 15 is 0 Å². The van der Waals surface area contributed by atoms with Gasteiger partial charge in [-0.05, 0) is 50.3 Å². The number of carbonyl (C=O) groups is 2. The summed E-state index contributed by atoms with van der Waals surface area (Å²) in [6.45, 7) is -1.21. The van der Waals surface area contributed by atoms with Crippen LogP contribution in [0.4, 0.5) is 46.8 Å². The summed E-state index contributed by atoms with van der Waals surface area (Å²) in [6.07, 6.45) is -12.8. The van der Waals surface area contributed by atoms with Crippen LogP contribution in [0.2, 0.25) is 10.0 Å². The van der Waals surface area contributed by atoms with Gasteiger partial charge in [-0.1, -0.05) is 29.3 Å². The zero-order chi connectivity index (χ0) is 36.5. The number of aromatic nitrogens is 3. The Morgan fingerprint density at radius 3 is 2.35 bits per heavy atom. The van der Waals surface area contributed by atoms with Crippen LogP contribution in [0, 0.1) is 5.92 Å². The number of halogens is 10. The molecule has 1 fully saturated rings. The van der Waals surface area contributed by atoms with Crippen LogP contribution in [0.15, 0.2) is 18.2 Å². The molecule has 21 heteroatoms. The maximum absolute atomic E-state index is 13.1. The first-order valence-corrected chi connectivity index (χ1v) is 15.2. The van der Waals surface area contributed by atoms with Crippen molar-refractivity contribution in [3.8, 4) is 5.88 Å². The summed E-state index contributed by atoms with van der Waals surface area (Å²) in [6, 6.07) is 0.914. The van der Waals surface area contributed by atoms with E-state index in [2.05, 4.69) is 30.9 Å². The Morgan fingerprint density at radius 1 is 1.10 bits per heavy atom. The number of imidazole rings is 1. The number of ether oxygens (including phenoxy) is 1. The second kappa shape index (κ2) is 14.7. The van der Waals surface area contributed by atoms with Crippen molar-refractivity contribution in [2.24, 2.45) is 11.7 Å². The van der Waals surface area contributed by atoms with Gasteiger partial charge in [0.05, 0.1) is 27.2 Å². The molecule has 0 radical (unpaired) electrons. The SMILES string of the molecule is CC(O)(C(N)C(=O)NCc1ccc(Cl)c(Nc2nc3nc(OCC(F)F)c(C(=O)N[C@H]4CC[C@H](C(F)(F)F)CC4)cc3[nH]2)c1Cl)C(F)(F)F. The van der Waals surface area contributed by atoms with Crippen LogP contribution in [0.5, 0.6) is 5.88 Å². The predicted molar refractivity (Wildman–Crippen MR) is 161 cm³/mol. The molecule has 270 valence electrons. The second-order valence-corrected chi connectivity index (χ2v) is 12.2. The molecule has 0 bridgehead atoms. The van der Waals surface area contributed by atoms with Crippen LogP contribution >= 0.6 is 23.2 Å². The van der Waals surface area contributed by atoms with E-state index in [1.807, 2.05) is 0 Å². The number of carbonyl (C=O) groups excluding carboxylic acids is 2. The van der Waals surface area contributed by atoms with Gasteiger partial charge in [-0.25, -0.2) is 8.78 Å². The number of anilines is 2. The zero-order valence-corrected chi connectivity index (χ0v) is 26.7. The van der Waals surface area contributed by atoms with Crippen LogP contribution in [-0.2, 0) is 11.3 Å². The van der Waals surface area contributed by atoms with Crippen molar-refractivity contribution in [2.45, 2.75) is 75.6 Å². The Labute approximate surface area is 282 Å². The standard InChI is InChI=1S/C28H29Cl2F8N7O4/c1-26(48,28(36,37)38)20(39)23(47)40-9-11-2-7-15(29)19(18(11)30)43-25-42-16-8-14(24(44-21(16)45-25)49-10-17(31)32)22(46)41-13-5-3-12(4-6-13)27(33,34)35/h2,7-8,12-13,17,20,48H,3-6,9-10,39H2,1H3,(H,40,47)(H,41,46)(H2,42,43,44,45)/t12-,13-,20?,26?. The molecule has 0 aliphatic heterocycles. The lowest BCUT2D eigenvalue weighted by Gasteiger charge is -2.31. The van der Waals surface area contributed by atoms with Crippen LogP contribution in [0.3, 0.4) is 0 Å². The Kier molecular flexibility index (Phi) is 11.4. The third-order valence-electron chi connectivity index (χ3n) is 7.88. The monoisotopic (exact) mass is 749 g/mol. The topological polar surface area (TPSA) is 167 Å². The number of amides is 2. The number of H-pyrrole nitrogens is 1. The number of benzene rings is 1. The molecule has 3 aromatic rings. The number of fused-ring (bicyclic) bond motifs is 1. The number of hydrogen-bond donors (Lipinski definition) is 6. The molecule has 2 heterocycles. The molecular formula is C28H29Cl2F8N7O4. The highest BCUT2D eigenvalue weighted by molar-refractivity contribution is 6.39. The molecule has 4 rings (SSSR count). The van der Waals surface area contributed by atoms with Gasteiger partial charge in [0.2, 0.25) is 17.7 Å². The third kappa shape index (κ3) is 8.92. The van der Waals surface area contributed by atoms with Gasteiger partial charge in [0.15, 0.2) is 17.9 Å². The van der Waals surface area contributed by atoms with Gasteiger partial charge in [-0.2, -0.15) is 36.3 Å². The Balaban J connectivity index is 1.54. The summed E-state index contributed by atoms with van der Waals surface area (Å²) in [4.78, 5) is 36.5. The minimum atomic E-state index is -5.19. The van der Waals surface area contributed by atoms with Crippen molar-refractivity contribution in [3.63, 3.8) is 0 Å². The van der Waals surface area contributed by atoms with E-state index in [0.29, 0.717) is 6.92 Å². The van der Waals surface area contributed by atoms with E-state index in [4.69, 9.17) is 33.7 Å². The molecule has 2 atom stereocenters. The minimum absolute atomic E-state index is 0.00215. The Hall–Kier alpha value is -3.68. The third-order valence-corrected chi connectivity index (χ3v) is 8.63. The normalized spacial score (nSPS) is 19.0. The van der Waals surface area contributed by atoms with Gasteiger partial charge >= 0.3 is 12.4 Å². The van der Waals surface area contributed by atoms with Crippen molar-refractivity contribution in [3.05, 3.63) is 39.4 Å². The van der Waals surface area contributed by atoms with E-state index < -0.39 is 73.2 Å². The average Bonchev–Trinajstić information content (AvgIpc) is 3.41. The molecule has 2 unspecified atom stereocenters. The summed E-state index contributed by atoms with van der Waals surface area (Å²) < 4.78 is 109. The smallest absolute Gasteiger partial charge is 0.418 e. The number of rotatable bonds is 11. The van der Waals surface area contributed by atoms with Crippen molar-refractivity contribution >= 4 is 57.8 Å². The van der Waals surface area contributed by atoms with Gasteiger partial charge < -0.3 is 36.5 Å². The lowest BCUT2D eigenvalue weighted by molar-refractivity contribution is -0.258. The second-order valence-electron chi connectivity index (χ2n) is 11.4. The van der Waals surface area contributed by atoms with Crippen LogP contribution in [0.1, 0.15) is 48.5 Å². The lowest BCUT2D eigenvalue weighted by Crippen LogP contribution is -2.62. The highest BCUT2D eigenvalue weighted by atomic mass is 35.5. The summed E-state index contributed by atoms with van der Waals surface area (Å²) >= 11 is 12.7. The number of nitrogens with two attached hydrogens (primary N) is 1. The van der Waals surface area contributed by atoms with Crippen LogP contribution in [-0.4, -0.2) is 74.9 Å². The number of hydrogen-bond acceptors (Lipinski definition) is 8. The maximum Gasteiger partial charge on any atom is 0.418 e. The van der Waals surface area contributed by atoms with E-state index in [1.54, 1.807) is 0 Å². The molecule has 1 aliphatic rings. The van der Waals surface area contributed by atoms with Gasteiger partial charge in [-0.3, -0.25) is 9.59 Å². The lowest BCUT2D eigenvalue weighted by atomic mass is 9.85.